The van der Waals surface area contributed by atoms with E-state index in [0.717, 1.165) is 23.2 Å². The average Bonchev–Trinajstić information content (AvgIpc) is 2.68. The Labute approximate surface area is 167 Å². The summed E-state index contributed by atoms with van der Waals surface area (Å²) in [5.41, 5.74) is 5.27. The summed E-state index contributed by atoms with van der Waals surface area (Å²) in [6.07, 6.45) is 0. The first kappa shape index (κ1) is 19.0. The van der Waals surface area contributed by atoms with Gasteiger partial charge in [0.1, 0.15) is 0 Å². The molecule has 0 spiro atoms. The zero-order chi connectivity index (χ0) is 20.5. The Kier molecular flexibility index (Phi) is 4.98. The molecule has 0 saturated carbocycles. The number of benzene rings is 2. The fraction of sp³-hybridized carbons (Fsp3) is 0.273. The Morgan fingerprint density at radius 1 is 1.00 bits per heavy atom. The third-order valence-electron chi connectivity index (χ3n) is 5.31. The molecule has 2 aliphatic rings. The molecule has 0 unspecified atom stereocenters. The average molecular weight is 389 g/mol. The number of nitrogens with zero attached hydrogens (tertiary/aromatic N) is 3. The lowest BCUT2D eigenvalue weighted by Gasteiger charge is -2.18. The van der Waals surface area contributed by atoms with Gasteiger partial charge in [-0.2, -0.15) is 4.98 Å². The van der Waals surface area contributed by atoms with Crippen molar-refractivity contribution in [1.82, 2.24) is 24.8 Å². The van der Waals surface area contributed by atoms with Crippen LogP contribution in [0.3, 0.4) is 0 Å². The van der Waals surface area contributed by atoms with E-state index < -0.39 is 11.2 Å². The van der Waals surface area contributed by atoms with Crippen molar-refractivity contribution in [3.63, 3.8) is 0 Å². The number of aromatic nitrogens is 4. The quantitative estimate of drug-likeness (QED) is 0.404. The van der Waals surface area contributed by atoms with E-state index in [4.69, 9.17) is 0 Å². The fourth-order valence-electron chi connectivity index (χ4n) is 3.50. The van der Waals surface area contributed by atoms with Crippen molar-refractivity contribution in [3.8, 4) is 11.5 Å². The Balaban J connectivity index is 1.72. The molecule has 2 heterocycles. The molecule has 0 saturated heterocycles. The van der Waals surface area contributed by atoms with Crippen LogP contribution in [0, 0.1) is 20.8 Å². The van der Waals surface area contributed by atoms with Gasteiger partial charge in [0.2, 0.25) is 0 Å². The molecule has 7 nitrogen and oxygen atoms in total. The molecule has 29 heavy (non-hydrogen) atoms. The molecular formula is C22H23N5O2. The normalized spacial score (nSPS) is 11.4. The van der Waals surface area contributed by atoms with Crippen LogP contribution in [0.25, 0.3) is 22.6 Å². The number of nitrogens with one attached hydrogen (secondary N) is 2. The van der Waals surface area contributed by atoms with Crippen molar-refractivity contribution in [2.45, 2.75) is 33.9 Å². The van der Waals surface area contributed by atoms with Crippen LogP contribution in [0.5, 0.6) is 0 Å². The Hall–Kier alpha value is -3.32. The van der Waals surface area contributed by atoms with Gasteiger partial charge in [-0.3, -0.25) is 9.78 Å². The number of rotatable bonds is 5. The van der Waals surface area contributed by atoms with Crippen LogP contribution in [0.4, 0.5) is 0 Å². The summed E-state index contributed by atoms with van der Waals surface area (Å²) in [5.74, 6) is 0.312. The van der Waals surface area contributed by atoms with Gasteiger partial charge in [0, 0.05) is 19.6 Å². The van der Waals surface area contributed by atoms with Gasteiger partial charge in [-0.1, -0.05) is 24.3 Å². The second kappa shape index (κ2) is 7.60. The van der Waals surface area contributed by atoms with Crippen LogP contribution in [0.2, 0.25) is 0 Å². The molecule has 0 bridgehead atoms. The number of hydrogen-bond acceptors (Lipinski definition) is 5. The highest BCUT2D eigenvalue weighted by Gasteiger charge is 2.19. The molecule has 7 heteroatoms. The largest absolute Gasteiger partial charge is 0.349 e. The van der Waals surface area contributed by atoms with E-state index in [0.29, 0.717) is 24.4 Å². The van der Waals surface area contributed by atoms with E-state index >= 15 is 0 Å². The van der Waals surface area contributed by atoms with Crippen LogP contribution in [0.15, 0.2) is 46.0 Å². The highest BCUT2D eigenvalue weighted by molar-refractivity contribution is 5.81. The summed E-state index contributed by atoms with van der Waals surface area (Å²) in [5, 5.41) is 3.44. The van der Waals surface area contributed by atoms with Crippen molar-refractivity contribution < 1.29 is 0 Å². The van der Waals surface area contributed by atoms with E-state index in [1.807, 2.05) is 42.7 Å². The lowest BCUT2D eigenvalue weighted by Crippen LogP contribution is -2.30. The van der Waals surface area contributed by atoms with Crippen LogP contribution in [0.1, 0.15) is 22.3 Å². The van der Waals surface area contributed by atoms with E-state index in [1.54, 1.807) is 0 Å². The van der Waals surface area contributed by atoms with Gasteiger partial charge in [-0.25, -0.2) is 9.78 Å². The number of aryl methyl sites for hydroxylation is 3. The molecule has 2 N–H and O–H groups in total. The Morgan fingerprint density at radius 2 is 1.76 bits per heavy atom. The predicted molar refractivity (Wildman–Crippen MR) is 113 cm³/mol. The summed E-state index contributed by atoms with van der Waals surface area (Å²) >= 11 is 0. The van der Waals surface area contributed by atoms with Gasteiger partial charge in [0.15, 0.2) is 11.5 Å². The zero-order valence-electron chi connectivity index (χ0n) is 16.7. The van der Waals surface area contributed by atoms with Gasteiger partial charge in [-0.05, 0) is 55.2 Å². The first-order valence-corrected chi connectivity index (χ1v) is 9.61. The van der Waals surface area contributed by atoms with Crippen LogP contribution in [-0.4, -0.2) is 26.1 Å². The third kappa shape index (κ3) is 3.69. The third-order valence-corrected chi connectivity index (χ3v) is 5.31. The second-order valence-corrected chi connectivity index (χ2v) is 7.34. The molecular weight excluding hydrogens is 366 g/mol. The summed E-state index contributed by atoms with van der Waals surface area (Å²) in [6, 6.07) is 12.2. The van der Waals surface area contributed by atoms with Crippen molar-refractivity contribution >= 4 is 11.0 Å². The van der Waals surface area contributed by atoms with Crippen molar-refractivity contribution in [3.05, 3.63) is 79.5 Å². The van der Waals surface area contributed by atoms with Crippen LogP contribution in [-0.2, 0) is 13.1 Å². The summed E-state index contributed by atoms with van der Waals surface area (Å²) in [4.78, 5) is 34.9. The minimum Gasteiger partial charge on any atom is -0.321 e. The monoisotopic (exact) mass is 389 g/mol. The smallest absolute Gasteiger partial charge is 0.321 e. The lowest BCUT2D eigenvalue weighted by atomic mass is 10.1. The first-order valence-electron chi connectivity index (χ1n) is 9.61. The van der Waals surface area contributed by atoms with Gasteiger partial charge >= 0.3 is 5.69 Å². The number of aromatic amines is 1. The zero-order valence-corrected chi connectivity index (χ0v) is 16.7. The molecule has 0 fully saturated rings. The number of hydrogen-bond donors (Lipinski definition) is 2. The van der Waals surface area contributed by atoms with Gasteiger partial charge in [-0.15, -0.1) is 0 Å². The molecule has 4 rings (SSSR count). The predicted octanol–water partition coefficient (Wildman–Crippen LogP) is 2.30. The van der Waals surface area contributed by atoms with Crippen LogP contribution < -0.4 is 16.6 Å². The molecule has 0 amide bonds. The summed E-state index contributed by atoms with van der Waals surface area (Å²) in [6.45, 7) is 8.09. The molecule has 0 aromatic heterocycles. The Morgan fingerprint density at radius 3 is 2.55 bits per heavy atom. The molecule has 0 aliphatic carbocycles. The maximum absolute atomic E-state index is 12.3. The first-order chi connectivity index (χ1) is 13.9. The SMILES string of the molecule is Cc1cc2nc3c(=O)[nH]c(=O)nc-3n(CCNCc3ccccc3C)c2cc1C. The topological polar surface area (TPSA) is 92.7 Å². The van der Waals surface area contributed by atoms with Gasteiger partial charge in [0.25, 0.3) is 5.56 Å². The highest BCUT2D eigenvalue weighted by atomic mass is 16.2. The fourth-order valence-corrected chi connectivity index (χ4v) is 3.50. The maximum Gasteiger partial charge on any atom is 0.349 e. The second-order valence-electron chi connectivity index (χ2n) is 7.34. The van der Waals surface area contributed by atoms with E-state index in [9.17, 15) is 9.59 Å². The van der Waals surface area contributed by atoms with Crippen LogP contribution >= 0.6 is 0 Å². The molecule has 0 atom stereocenters. The number of H-pyrrole nitrogens is 1. The molecule has 0 radical (unpaired) electrons. The summed E-state index contributed by atoms with van der Waals surface area (Å²) < 4.78 is 1.91. The summed E-state index contributed by atoms with van der Waals surface area (Å²) in [7, 11) is 0. The van der Waals surface area contributed by atoms with E-state index in [-0.39, 0.29) is 5.69 Å². The standard InChI is InChI=1S/C22H23N5O2/c1-13-6-4-5-7-16(13)12-23-8-9-27-18-11-15(3)14(2)10-17(18)24-19-20(27)25-22(29)26-21(19)28/h4-7,10-11,23H,8-9,12H2,1-3H3,(H,26,28,29). The van der Waals surface area contributed by atoms with Gasteiger partial charge < -0.3 is 9.88 Å². The molecule has 2 aliphatic heterocycles. The molecule has 148 valence electrons. The van der Waals surface area contributed by atoms with Crippen molar-refractivity contribution in [1.29, 1.82) is 0 Å². The minimum absolute atomic E-state index is 0.180. The maximum atomic E-state index is 12.3. The van der Waals surface area contributed by atoms with E-state index in [1.165, 1.54) is 11.1 Å². The van der Waals surface area contributed by atoms with Crippen molar-refractivity contribution in [2.75, 3.05) is 6.54 Å². The minimum atomic E-state index is -0.658. The Bertz CT molecular complexity index is 1290. The number of fused-ring (bicyclic) bond motifs is 2. The van der Waals surface area contributed by atoms with Gasteiger partial charge in [0.05, 0.1) is 11.0 Å². The van der Waals surface area contributed by atoms with Crippen molar-refractivity contribution in [2.24, 2.45) is 0 Å². The van der Waals surface area contributed by atoms with E-state index in [2.05, 4.69) is 39.3 Å². The molecule has 2 aromatic rings. The highest BCUT2D eigenvalue weighted by Crippen LogP contribution is 2.23. The molecule has 2 aromatic carbocycles. The lowest BCUT2D eigenvalue weighted by molar-refractivity contribution is 0.602.